The molecule has 0 aliphatic heterocycles. The number of alkyl halides is 1. The van der Waals surface area contributed by atoms with E-state index in [2.05, 4.69) is 40.2 Å². The molecule has 0 aliphatic rings. The van der Waals surface area contributed by atoms with E-state index in [1.807, 2.05) is 6.92 Å². The molecular formula is C20H23BrO3. The normalized spacial score (nSPS) is 10.6. The molecule has 2 aromatic carbocycles. The van der Waals surface area contributed by atoms with Crippen molar-refractivity contribution in [3.8, 4) is 11.5 Å². The Balaban J connectivity index is 2.16. The van der Waals surface area contributed by atoms with Crippen LogP contribution < -0.4 is 4.74 Å². The van der Waals surface area contributed by atoms with E-state index in [4.69, 9.17) is 4.74 Å². The van der Waals surface area contributed by atoms with Crippen molar-refractivity contribution < 1.29 is 14.6 Å². The van der Waals surface area contributed by atoms with E-state index in [0.717, 1.165) is 23.7 Å². The first-order valence-corrected chi connectivity index (χ1v) is 9.31. The second-order valence-electron chi connectivity index (χ2n) is 5.79. The number of benzene rings is 2. The van der Waals surface area contributed by atoms with Crippen LogP contribution in [-0.2, 0) is 19.4 Å². The van der Waals surface area contributed by atoms with Gasteiger partial charge in [-0.2, -0.15) is 0 Å². The molecule has 0 fully saturated rings. The molecule has 4 heteroatoms. The summed E-state index contributed by atoms with van der Waals surface area (Å²) in [5.41, 5.74) is 3.42. The average Bonchev–Trinajstić information content (AvgIpc) is 2.57. The lowest BCUT2D eigenvalue weighted by molar-refractivity contribution is 0.101. The Bertz CT molecular complexity index is 693. The molecule has 0 atom stereocenters. The third-order valence-corrected chi connectivity index (χ3v) is 4.32. The molecular weight excluding hydrogens is 368 g/mol. The molecule has 0 heterocycles. The minimum absolute atomic E-state index is 0.0505. The summed E-state index contributed by atoms with van der Waals surface area (Å²) in [4.78, 5) is 11.6. The van der Waals surface area contributed by atoms with Crippen molar-refractivity contribution in [1.82, 2.24) is 0 Å². The van der Waals surface area contributed by atoms with Crippen LogP contribution in [0.5, 0.6) is 11.5 Å². The maximum atomic E-state index is 11.6. The van der Waals surface area contributed by atoms with Crippen molar-refractivity contribution in [2.45, 2.75) is 39.7 Å². The predicted octanol–water partition coefficient (Wildman–Crippen LogP) is 5.06. The van der Waals surface area contributed by atoms with Crippen LogP contribution in [-0.4, -0.2) is 16.2 Å². The van der Waals surface area contributed by atoms with Crippen molar-refractivity contribution in [2.24, 2.45) is 0 Å². The van der Waals surface area contributed by atoms with Crippen molar-refractivity contribution in [1.29, 1.82) is 0 Å². The molecule has 3 nitrogen and oxygen atoms in total. The minimum Gasteiger partial charge on any atom is -0.507 e. The predicted molar refractivity (Wildman–Crippen MR) is 100 cm³/mol. The maximum absolute atomic E-state index is 11.6. The van der Waals surface area contributed by atoms with Gasteiger partial charge in [0, 0.05) is 10.9 Å². The topological polar surface area (TPSA) is 46.5 Å². The number of hydrogen-bond acceptors (Lipinski definition) is 3. The van der Waals surface area contributed by atoms with E-state index in [1.165, 1.54) is 12.5 Å². The molecule has 2 rings (SSSR count). The summed E-state index contributed by atoms with van der Waals surface area (Å²) in [5.74, 6) is 0.553. The first-order valence-electron chi connectivity index (χ1n) is 8.19. The van der Waals surface area contributed by atoms with Crippen LogP contribution in [0.25, 0.3) is 0 Å². The second-order valence-corrected chi connectivity index (χ2v) is 6.58. The van der Waals surface area contributed by atoms with Crippen LogP contribution in [0.2, 0.25) is 0 Å². The van der Waals surface area contributed by atoms with Crippen molar-refractivity contribution in [3.63, 3.8) is 0 Å². The number of phenolic OH excluding ortho intramolecular Hbond substituents is 1. The standard InChI is InChI=1S/C20H23BrO3/c1-3-4-18-19(10-9-17(14(2)22)20(18)23)24-13-16-7-5-15(6-8-16)11-12-21/h5-10,23H,3-4,11-13H2,1-2H3. The van der Waals surface area contributed by atoms with Gasteiger partial charge >= 0.3 is 0 Å². The van der Waals surface area contributed by atoms with E-state index < -0.39 is 0 Å². The minimum atomic E-state index is -0.140. The van der Waals surface area contributed by atoms with Crippen LogP contribution in [0, 0.1) is 0 Å². The summed E-state index contributed by atoms with van der Waals surface area (Å²) in [6, 6.07) is 11.7. The molecule has 0 amide bonds. The fourth-order valence-electron chi connectivity index (χ4n) is 2.60. The Morgan fingerprint density at radius 1 is 1.08 bits per heavy atom. The number of halogens is 1. The highest BCUT2D eigenvalue weighted by molar-refractivity contribution is 9.09. The van der Waals surface area contributed by atoms with E-state index in [-0.39, 0.29) is 11.5 Å². The smallest absolute Gasteiger partial charge is 0.163 e. The van der Waals surface area contributed by atoms with Gasteiger partial charge in [0.2, 0.25) is 0 Å². The number of carbonyl (C=O) groups is 1. The highest BCUT2D eigenvalue weighted by atomic mass is 79.9. The van der Waals surface area contributed by atoms with Gasteiger partial charge in [0.1, 0.15) is 18.1 Å². The van der Waals surface area contributed by atoms with Crippen molar-refractivity contribution in [2.75, 3.05) is 5.33 Å². The zero-order valence-corrected chi connectivity index (χ0v) is 15.7. The summed E-state index contributed by atoms with van der Waals surface area (Å²) in [7, 11) is 0. The molecule has 24 heavy (non-hydrogen) atoms. The molecule has 0 aliphatic carbocycles. The fourth-order valence-corrected chi connectivity index (χ4v) is 3.06. The molecule has 1 N–H and O–H groups in total. The van der Waals surface area contributed by atoms with Crippen LogP contribution in [0.1, 0.15) is 47.3 Å². The van der Waals surface area contributed by atoms with Gasteiger partial charge in [0.15, 0.2) is 5.78 Å². The van der Waals surface area contributed by atoms with Crippen LogP contribution >= 0.6 is 15.9 Å². The molecule has 2 aromatic rings. The number of rotatable bonds is 8. The van der Waals surface area contributed by atoms with E-state index in [0.29, 0.717) is 29.9 Å². The number of Topliss-reactive ketones (excluding diaryl/α,β-unsaturated/α-hetero) is 1. The lowest BCUT2D eigenvalue weighted by Crippen LogP contribution is -2.02. The fraction of sp³-hybridized carbons (Fsp3) is 0.350. The monoisotopic (exact) mass is 390 g/mol. The van der Waals surface area contributed by atoms with Gasteiger partial charge in [-0.15, -0.1) is 0 Å². The Kier molecular flexibility index (Phi) is 6.85. The summed E-state index contributed by atoms with van der Waals surface area (Å²) < 4.78 is 5.91. The molecule has 0 aromatic heterocycles. The average molecular weight is 391 g/mol. The van der Waals surface area contributed by atoms with E-state index in [1.54, 1.807) is 12.1 Å². The van der Waals surface area contributed by atoms with Crippen LogP contribution in [0.4, 0.5) is 0 Å². The Hall–Kier alpha value is -1.81. The van der Waals surface area contributed by atoms with Gasteiger partial charge in [-0.1, -0.05) is 53.5 Å². The molecule has 0 saturated heterocycles. The Morgan fingerprint density at radius 3 is 2.33 bits per heavy atom. The lowest BCUT2D eigenvalue weighted by Gasteiger charge is -2.15. The Labute approximate surface area is 151 Å². The summed E-state index contributed by atoms with van der Waals surface area (Å²) in [6.07, 6.45) is 2.54. The summed E-state index contributed by atoms with van der Waals surface area (Å²) in [5, 5.41) is 11.3. The molecule has 0 unspecified atom stereocenters. The van der Waals surface area contributed by atoms with Crippen LogP contribution in [0.3, 0.4) is 0 Å². The lowest BCUT2D eigenvalue weighted by atomic mass is 10.0. The van der Waals surface area contributed by atoms with Crippen molar-refractivity contribution in [3.05, 3.63) is 58.7 Å². The highest BCUT2D eigenvalue weighted by Crippen LogP contribution is 2.33. The maximum Gasteiger partial charge on any atom is 0.163 e. The number of aryl methyl sites for hydroxylation is 1. The summed E-state index contributed by atoms with van der Waals surface area (Å²) in [6.45, 7) is 3.93. The van der Waals surface area contributed by atoms with E-state index in [9.17, 15) is 9.90 Å². The number of ether oxygens (including phenoxy) is 1. The third kappa shape index (κ3) is 4.60. The number of hydrogen-bond donors (Lipinski definition) is 1. The van der Waals surface area contributed by atoms with E-state index >= 15 is 0 Å². The zero-order chi connectivity index (χ0) is 17.5. The quantitative estimate of drug-likeness (QED) is 0.505. The molecule has 0 bridgehead atoms. The largest absolute Gasteiger partial charge is 0.507 e. The van der Waals surface area contributed by atoms with Crippen molar-refractivity contribution >= 4 is 21.7 Å². The van der Waals surface area contributed by atoms with Gasteiger partial charge in [0.05, 0.1) is 5.56 Å². The van der Waals surface area contributed by atoms with Gasteiger partial charge < -0.3 is 9.84 Å². The number of ketones is 1. The first-order chi connectivity index (χ1) is 11.6. The number of aromatic hydroxyl groups is 1. The number of phenols is 1. The summed E-state index contributed by atoms with van der Waals surface area (Å²) >= 11 is 3.44. The second kappa shape index (κ2) is 8.88. The van der Waals surface area contributed by atoms with Gasteiger partial charge in [-0.25, -0.2) is 0 Å². The molecule has 128 valence electrons. The SMILES string of the molecule is CCCc1c(OCc2ccc(CCBr)cc2)ccc(C(C)=O)c1O. The highest BCUT2D eigenvalue weighted by Gasteiger charge is 2.15. The van der Waals surface area contributed by atoms with Crippen LogP contribution in [0.15, 0.2) is 36.4 Å². The number of carbonyl (C=O) groups excluding carboxylic acids is 1. The van der Waals surface area contributed by atoms with Gasteiger partial charge in [-0.3, -0.25) is 4.79 Å². The van der Waals surface area contributed by atoms with Gasteiger partial charge in [-0.05, 0) is 43.0 Å². The molecule has 0 radical (unpaired) electrons. The molecule has 0 saturated carbocycles. The third-order valence-electron chi connectivity index (χ3n) is 3.92. The Morgan fingerprint density at radius 2 is 1.75 bits per heavy atom. The molecule has 0 spiro atoms. The zero-order valence-electron chi connectivity index (χ0n) is 14.1. The first kappa shape index (κ1) is 18.5. The van der Waals surface area contributed by atoms with Gasteiger partial charge in [0.25, 0.3) is 0 Å².